The summed E-state index contributed by atoms with van der Waals surface area (Å²) in [4.78, 5) is 12.8. The third-order valence-corrected chi connectivity index (χ3v) is 4.06. The van der Waals surface area contributed by atoms with Gasteiger partial charge in [-0.2, -0.15) is 0 Å². The monoisotopic (exact) mass is 330 g/mol. The molecule has 2 atom stereocenters. The maximum Gasteiger partial charge on any atom is 0.245 e. The minimum atomic E-state index is -0.488. The largest absolute Gasteiger partial charge is 0.350 e. The predicted octanol–water partition coefficient (Wildman–Crippen LogP) is 1.40. The first-order chi connectivity index (χ1) is 11.7. The fraction of sp³-hybridized carbons (Fsp3) is 0.529. The summed E-state index contributed by atoms with van der Waals surface area (Å²) in [6, 6.07) is 9.36. The number of benzene rings is 1. The highest BCUT2D eigenvalue weighted by molar-refractivity contribution is 5.80. The lowest BCUT2D eigenvalue weighted by Crippen LogP contribution is -2.44. The van der Waals surface area contributed by atoms with Crippen molar-refractivity contribution in [3.63, 3.8) is 0 Å². The van der Waals surface area contributed by atoms with Crippen LogP contribution in [0, 0.1) is 6.92 Å². The predicted molar refractivity (Wildman–Crippen MR) is 92.2 cm³/mol. The number of carbonyl (C=O) groups is 1. The molecule has 130 valence electrons. The summed E-state index contributed by atoms with van der Waals surface area (Å²) < 4.78 is 1.58. The summed E-state index contributed by atoms with van der Waals surface area (Å²) in [5, 5.41) is 14.6. The van der Waals surface area contributed by atoms with Crippen molar-refractivity contribution in [2.45, 2.75) is 51.6 Å². The molecule has 24 heavy (non-hydrogen) atoms. The lowest BCUT2D eigenvalue weighted by molar-refractivity contribution is -0.125. The van der Waals surface area contributed by atoms with E-state index in [9.17, 15) is 4.79 Å². The highest BCUT2D eigenvalue weighted by Gasteiger charge is 2.25. The van der Waals surface area contributed by atoms with Crippen molar-refractivity contribution in [3.8, 4) is 0 Å². The number of tetrazole rings is 1. The summed E-state index contributed by atoms with van der Waals surface area (Å²) in [6.45, 7) is 4.35. The molecule has 0 aliphatic heterocycles. The minimum Gasteiger partial charge on any atom is -0.350 e. The molecule has 0 radical (unpaired) electrons. The van der Waals surface area contributed by atoms with Crippen LogP contribution < -0.4 is 11.1 Å². The van der Waals surface area contributed by atoms with Crippen LogP contribution in [-0.4, -0.2) is 38.7 Å². The van der Waals surface area contributed by atoms with Gasteiger partial charge in [-0.3, -0.25) is 4.79 Å². The summed E-state index contributed by atoms with van der Waals surface area (Å²) in [7, 11) is 0. The van der Waals surface area contributed by atoms with Crippen LogP contribution in [0.1, 0.15) is 43.6 Å². The van der Waals surface area contributed by atoms with Crippen LogP contribution in [0.5, 0.6) is 0 Å². The highest BCUT2D eigenvalue weighted by atomic mass is 16.2. The number of aromatic nitrogens is 4. The Hall–Kier alpha value is -2.28. The number of hydrogen-bond acceptors (Lipinski definition) is 5. The Bertz CT molecular complexity index is 627. The van der Waals surface area contributed by atoms with Crippen LogP contribution in [0.25, 0.3) is 0 Å². The van der Waals surface area contributed by atoms with Crippen molar-refractivity contribution in [1.82, 2.24) is 25.5 Å². The van der Waals surface area contributed by atoms with E-state index in [1.54, 1.807) is 11.6 Å². The van der Waals surface area contributed by atoms with Gasteiger partial charge < -0.3 is 11.1 Å². The average Bonchev–Trinajstić information content (AvgIpc) is 3.02. The van der Waals surface area contributed by atoms with E-state index in [1.807, 2.05) is 30.3 Å². The minimum absolute atomic E-state index is 0.0208. The lowest BCUT2D eigenvalue weighted by Gasteiger charge is -2.22. The van der Waals surface area contributed by atoms with Crippen molar-refractivity contribution < 1.29 is 4.79 Å². The molecule has 0 saturated carbocycles. The summed E-state index contributed by atoms with van der Waals surface area (Å²) in [5.74, 6) is 0.518. The van der Waals surface area contributed by atoms with Gasteiger partial charge in [-0.25, -0.2) is 4.68 Å². The zero-order chi connectivity index (χ0) is 17.4. The van der Waals surface area contributed by atoms with E-state index >= 15 is 0 Å². The van der Waals surface area contributed by atoms with E-state index in [4.69, 9.17) is 5.73 Å². The Morgan fingerprint density at radius 3 is 2.67 bits per heavy atom. The molecule has 3 N–H and O–H groups in total. The molecule has 2 unspecified atom stereocenters. The molecule has 0 aliphatic rings. The number of carbonyl (C=O) groups excluding carboxylic acids is 1. The fourth-order valence-corrected chi connectivity index (χ4v) is 2.65. The Morgan fingerprint density at radius 2 is 2.08 bits per heavy atom. The zero-order valence-corrected chi connectivity index (χ0v) is 14.4. The van der Waals surface area contributed by atoms with E-state index in [2.05, 4.69) is 27.8 Å². The van der Waals surface area contributed by atoms with Gasteiger partial charge >= 0.3 is 0 Å². The van der Waals surface area contributed by atoms with Crippen LogP contribution in [0.4, 0.5) is 0 Å². The third kappa shape index (κ3) is 4.86. The number of nitrogens with two attached hydrogens (primary N) is 1. The van der Waals surface area contributed by atoms with Crippen LogP contribution in [0.2, 0.25) is 0 Å². The van der Waals surface area contributed by atoms with E-state index in [-0.39, 0.29) is 11.9 Å². The van der Waals surface area contributed by atoms with Gasteiger partial charge in [-0.1, -0.05) is 50.1 Å². The van der Waals surface area contributed by atoms with Gasteiger partial charge in [-0.15, -0.1) is 5.10 Å². The Balaban J connectivity index is 2.16. The second kappa shape index (κ2) is 9.12. The van der Waals surface area contributed by atoms with Gasteiger partial charge in [0, 0.05) is 19.0 Å². The number of rotatable bonds is 9. The molecule has 7 nitrogen and oxygen atoms in total. The Labute approximate surface area is 142 Å². The van der Waals surface area contributed by atoms with Crippen LogP contribution in [0.15, 0.2) is 30.3 Å². The molecule has 0 aliphatic carbocycles. The second-order valence-corrected chi connectivity index (χ2v) is 5.96. The first kappa shape index (κ1) is 18.1. The molecule has 2 aromatic rings. The van der Waals surface area contributed by atoms with Crippen LogP contribution >= 0.6 is 0 Å². The number of hydrogen-bond donors (Lipinski definition) is 2. The quantitative estimate of drug-likeness (QED) is 0.724. The highest BCUT2D eigenvalue weighted by Crippen LogP contribution is 2.15. The van der Waals surface area contributed by atoms with Crippen molar-refractivity contribution in [3.05, 3.63) is 41.7 Å². The SMILES string of the molecule is CCCCC(CN)NC(=O)C(Cc1ccccc1)n1nnnc1C. The summed E-state index contributed by atoms with van der Waals surface area (Å²) >= 11 is 0. The standard InChI is InChI=1S/C17H26N6O/c1-3-4-10-15(12-18)19-17(24)16(23-13(2)20-21-22-23)11-14-8-6-5-7-9-14/h5-9,15-16H,3-4,10-12,18H2,1-2H3,(H,19,24). The molecular formula is C17H26N6O. The van der Waals surface area contributed by atoms with Crippen molar-refractivity contribution in [2.24, 2.45) is 5.73 Å². The van der Waals surface area contributed by atoms with Crippen molar-refractivity contribution in [1.29, 1.82) is 0 Å². The van der Waals surface area contributed by atoms with Gasteiger partial charge in [0.05, 0.1) is 0 Å². The number of nitrogens with one attached hydrogen (secondary N) is 1. The zero-order valence-electron chi connectivity index (χ0n) is 14.4. The third-order valence-electron chi connectivity index (χ3n) is 4.06. The Morgan fingerprint density at radius 1 is 1.33 bits per heavy atom. The smallest absolute Gasteiger partial charge is 0.245 e. The summed E-state index contributed by atoms with van der Waals surface area (Å²) in [6.07, 6.45) is 3.52. The molecule has 0 saturated heterocycles. The molecule has 2 rings (SSSR count). The second-order valence-electron chi connectivity index (χ2n) is 5.96. The van der Waals surface area contributed by atoms with Gasteiger partial charge in [0.1, 0.15) is 11.9 Å². The van der Waals surface area contributed by atoms with Gasteiger partial charge in [0.25, 0.3) is 0 Å². The average molecular weight is 330 g/mol. The molecular weight excluding hydrogens is 304 g/mol. The number of nitrogens with zero attached hydrogens (tertiary/aromatic N) is 4. The molecule has 0 spiro atoms. The number of amides is 1. The molecule has 0 bridgehead atoms. The maximum absolute atomic E-state index is 12.8. The first-order valence-electron chi connectivity index (χ1n) is 8.44. The van der Waals surface area contributed by atoms with Gasteiger partial charge in [0.2, 0.25) is 5.91 Å². The first-order valence-corrected chi connectivity index (χ1v) is 8.44. The van der Waals surface area contributed by atoms with Gasteiger partial charge in [0.15, 0.2) is 0 Å². The molecule has 1 heterocycles. The molecule has 0 fully saturated rings. The fourth-order valence-electron chi connectivity index (χ4n) is 2.65. The topological polar surface area (TPSA) is 98.7 Å². The molecule has 1 aromatic heterocycles. The number of aryl methyl sites for hydroxylation is 1. The molecule has 1 amide bonds. The van der Waals surface area contributed by atoms with Crippen molar-refractivity contribution in [2.75, 3.05) is 6.54 Å². The van der Waals surface area contributed by atoms with Gasteiger partial charge in [-0.05, 0) is 29.3 Å². The van der Waals surface area contributed by atoms with E-state index in [0.29, 0.717) is 18.8 Å². The molecule has 1 aromatic carbocycles. The van der Waals surface area contributed by atoms with Crippen molar-refractivity contribution >= 4 is 5.91 Å². The maximum atomic E-state index is 12.8. The lowest BCUT2D eigenvalue weighted by atomic mass is 10.0. The molecule has 7 heteroatoms. The van der Waals surface area contributed by atoms with Crippen LogP contribution in [-0.2, 0) is 11.2 Å². The van der Waals surface area contributed by atoms with Crippen LogP contribution in [0.3, 0.4) is 0 Å². The Kier molecular flexibility index (Phi) is 6.87. The summed E-state index contributed by atoms with van der Waals surface area (Å²) in [5.41, 5.74) is 6.86. The number of unbranched alkanes of at least 4 members (excludes halogenated alkanes) is 1. The van der Waals surface area contributed by atoms with E-state index < -0.39 is 6.04 Å². The van der Waals surface area contributed by atoms with E-state index in [1.165, 1.54) is 0 Å². The van der Waals surface area contributed by atoms with E-state index in [0.717, 1.165) is 24.8 Å². The normalized spacial score (nSPS) is 13.5.